The van der Waals surface area contributed by atoms with Crippen LogP contribution in [0.2, 0.25) is 0 Å². The van der Waals surface area contributed by atoms with Gasteiger partial charge in [0.15, 0.2) is 0 Å². The van der Waals surface area contributed by atoms with Crippen LogP contribution in [0.4, 0.5) is 0 Å². The van der Waals surface area contributed by atoms with Gasteiger partial charge in [-0.15, -0.1) is 0 Å². The molecule has 0 aromatic carbocycles. The van der Waals surface area contributed by atoms with Crippen molar-refractivity contribution in [2.75, 3.05) is 7.05 Å². The topological polar surface area (TPSA) is 12.0 Å². The van der Waals surface area contributed by atoms with E-state index in [4.69, 9.17) is 0 Å². The molecule has 5 rings (SSSR count). The van der Waals surface area contributed by atoms with Gasteiger partial charge >= 0.3 is 0 Å². The third kappa shape index (κ3) is 2.40. The van der Waals surface area contributed by atoms with Crippen LogP contribution in [0.25, 0.3) is 0 Å². The molecule has 0 heterocycles. The van der Waals surface area contributed by atoms with Crippen molar-refractivity contribution in [3.8, 4) is 0 Å². The van der Waals surface area contributed by atoms with Gasteiger partial charge in [-0.1, -0.05) is 25.0 Å². The molecule has 118 valence electrons. The summed E-state index contributed by atoms with van der Waals surface area (Å²) in [6, 6.07) is 0.681. The van der Waals surface area contributed by atoms with Crippen LogP contribution in [0.5, 0.6) is 0 Å². The van der Waals surface area contributed by atoms with Crippen LogP contribution in [0.3, 0.4) is 0 Å². The number of nitrogens with one attached hydrogen (secondary N) is 1. The second kappa shape index (κ2) is 5.11. The van der Waals surface area contributed by atoms with E-state index in [0.29, 0.717) is 16.9 Å². The maximum absolute atomic E-state index is 3.81. The number of rotatable bonds is 3. The third-order valence-corrected chi connectivity index (χ3v) is 7.25. The molecule has 0 aliphatic heterocycles. The fourth-order valence-corrected chi connectivity index (χ4v) is 7.32. The van der Waals surface area contributed by atoms with Crippen molar-refractivity contribution in [3.63, 3.8) is 0 Å². The van der Waals surface area contributed by atoms with E-state index in [1.165, 1.54) is 64.2 Å². The summed E-state index contributed by atoms with van der Waals surface area (Å²) in [5.74, 6) is 2.08. The predicted octanol–water partition coefficient (Wildman–Crippen LogP) is 5.07. The van der Waals surface area contributed by atoms with E-state index < -0.39 is 0 Å². The Kier molecular flexibility index (Phi) is 3.48. The summed E-state index contributed by atoms with van der Waals surface area (Å²) in [5, 5.41) is 3.81. The van der Waals surface area contributed by atoms with Crippen molar-refractivity contribution in [2.24, 2.45) is 22.7 Å². The minimum absolute atomic E-state index is 0.601. The van der Waals surface area contributed by atoms with Crippen molar-refractivity contribution in [2.45, 2.75) is 83.6 Å². The molecule has 3 unspecified atom stereocenters. The summed E-state index contributed by atoms with van der Waals surface area (Å²) >= 11 is 0. The standard InChI is InChI=1S/C20H33N/c1-19-10-15-9-16(11-19)13-20(12-15,14-19)18(21-2)17-7-5-3-4-6-8-17/h7,15-16,18,21H,3-6,8-14H2,1-2H3. The van der Waals surface area contributed by atoms with Crippen molar-refractivity contribution in [1.82, 2.24) is 5.32 Å². The van der Waals surface area contributed by atoms with E-state index in [9.17, 15) is 0 Å². The number of hydrogen-bond donors (Lipinski definition) is 1. The van der Waals surface area contributed by atoms with Crippen LogP contribution >= 0.6 is 0 Å². The minimum Gasteiger partial charge on any atom is -0.313 e. The largest absolute Gasteiger partial charge is 0.313 e. The van der Waals surface area contributed by atoms with Gasteiger partial charge in [0.2, 0.25) is 0 Å². The molecular weight excluding hydrogens is 254 g/mol. The van der Waals surface area contributed by atoms with Crippen molar-refractivity contribution < 1.29 is 0 Å². The molecule has 4 saturated carbocycles. The second-order valence-corrected chi connectivity index (χ2v) is 9.23. The van der Waals surface area contributed by atoms with E-state index >= 15 is 0 Å². The summed E-state index contributed by atoms with van der Waals surface area (Å²) in [6.45, 7) is 2.60. The first-order valence-electron chi connectivity index (χ1n) is 9.49. The molecule has 3 atom stereocenters. The monoisotopic (exact) mass is 287 g/mol. The minimum atomic E-state index is 0.601. The first-order chi connectivity index (χ1) is 10.1. The molecule has 1 nitrogen and oxygen atoms in total. The van der Waals surface area contributed by atoms with Gasteiger partial charge in [0.25, 0.3) is 0 Å². The Morgan fingerprint density at radius 1 is 1.10 bits per heavy atom. The highest BCUT2D eigenvalue weighted by molar-refractivity contribution is 5.21. The summed E-state index contributed by atoms with van der Waals surface area (Å²) in [7, 11) is 2.23. The normalized spacial score (nSPS) is 47.0. The SMILES string of the molecule is CNC(C1=CCCCCC1)C12CC3CC(CC(C)(C3)C1)C2. The molecule has 5 aliphatic carbocycles. The molecule has 0 aromatic heterocycles. The van der Waals surface area contributed by atoms with Crippen LogP contribution in [0, 0.1) is 22.7 Å². The van der Waals surface area contributed by atoms with Gasteiger partial charge in [-0.3, -0.25) is 0 Å². The van der Waals surface area contributed by atoms with Crippen LogP contribution < -0.4 is 5.32 Å². The van der Waals surface area contributed by atoms with Gasteiger partial charge in [0, 0.05) is 6.04 Å². The quantitative estimate of drug-likeness (QED) is 0.714. The summed E-state index contributed by atoms with van der Waals surface area (Å²) in [5.41, 5.74) is 3.05. The third-order valence-electron chi connectivity index (χ3n) is 7.25. The average Bonchev–Trinajstić information content (AvgIpc) is 2.65. The highest BCUT2D eigenvalue weighted by Gasteiger charge is 2.58. The van der Waals surface area contributed by atoms with E-state index in [1.54, 1.807) is 12.0 Å². The zero-order chi connectivity index (χ0) is 14.5. The Morgan fingerprint density at radius 2 is 1.86 bits per heavy atom. The highest BCUT2D eigenvalue weighted by atomic mass is 14.9. The number of hydrogen-bond acceptors (Lipinski definition) is 1. The lowest BCUT2D eigenvalue weighted by Gasteiger charge is -2.63. The molecule has 0 amide bonds. The first kappa shape index (κ1) is 14.3. The van der Waals surface area contributed by atoms with Crippen LogP contribution in [0.15, 0.2) is 11.6 Å². The highest BCUT2D eigenvalue weighted by Crippen LogP contribution is 2.66. The lowest BCUT2D eigenvalue weighted by molar-refractivity contribution is -0.112. The molecule has 5 aliphatic rings. The maximum Gasteiger partial charge on any atom is 0.0334 e. The fraction of sp³-hybridized carbons (Fsp3) is 0.900. The van der Waals surface area contributed by atoms with Gasteiger partial charge in [-0.25, -0.2) is 0 Å². The van der Waals surface area contributed by atoms with E-state index in [-0.39, 0.29) is 0 Å². The van der Waals surface area contributed by atoms with Gasteiger partial charge in [0.1, 0.15) is 0 Å². The summed E-state index contributed by atoms with van der Waals surface area (Å²) in [4.78, 5) is 0. The fourth-order valence-electron chi connectivity index (χ4n) is 7.32. The van der Waals surface area contributed by atoms with Gasteiger partial charge in [-0.2, -0.15) is 0 Å². The van der Waals surface area contributed by atoms with Crippen molar-refractivity contribution in [3.05, 3.63) is 11.6 Å². The Hall–Kier alpha value is -0.300. The molecule has 1 N–H and O–H groups in total. The number of allylic oxidation sites excluding steroid dienone is 1. The van der Waals surface area contributed by atoms with Crippen LogP contribution in [-0.4, -0.2) is 13.1 Å². The van der Waals surface area contributed by atoms with Gasteiger partial charge in [0.05, 0.1) is 0 Å². The molecule has 21 heavy (non-hydrogen) atoms. The zero-order valence-electron chi connectivity index (χ0n) is 14.1. The second-order valence-electron chi connectivity index (χ2n) is 9.23. The lowest BCUT2D eigenvalue weighted by Crippen LogP contribution is -2.58. The van der Waals surface area contributed by atoms with Crippen molar-refractivity contribution in [1.29, 1.82) is 0 Å². The Labute approximate surface area is 131 Å². The summed E-state index contributed by atoms with van der Waals surface area (Å²) < 4.78 is 0. The zero-order valence-corrected chi connectivity index (χ0v) is 14.1. The summed E-state index contributed by atoms with van der Waals surface area (Å²) in [6.07, 6.45) is 18.7. The lowest BCUT2D eigenvalue weighted by atomic mass is 9.42. The van der Waals surface area contributed by atoms with E-state index in [2.05, 4.69) is 25.4 Å². The number of likely N-dealkylation sites (N-methyl/N-ethyl adjacent to an activating group) is 1. The first-order valence-corrected chi connectivity index (χ1v) is 9.49. The predicted molar refractivity (Wildman–Crippen MR) is 89.2 cm³/mol. The Balaban J connectivity index is 1.65. The van der Waals surface area contributed by atoms with E-state index in [1.807, 2.05) is 0 Å². The van der Waals surface area contributed by atoms with Gasteiger partial charge < -0.3 is 5.32 Å². The van der Waals surface area contributed by atoms with Gasteiger partial charge in [-0.05, 0) is 93.9 Å². The van der Waals surface area contributed by atoms with E-state index in [0.717, 1.165) is 11.8 Å². The maximum atomic E-state index is 3.81. The molecule has 0 saturated heterocycles. The van der Waals surface area contributed by atoms with Crippen molar-refractivity contribution >= 4 is 0 Å². The molecular formula is C20H33N. The molecule has 0 aromatic rings. The Bertz CT molecular complexity index is 421. The Morgan fingerprint density at radius 3 is 2.52 bits per heavy atom. The molecule has 1 heteroatoms. The molecule has 4 fully saturated rings. The average molecular weight is 287 g/mol. The molecule has 0 radical (unpaired) electrons. The van der Waals surface area contributed by atoms with Crippen LogP contribution in [-0.2, 0) is 0 Å². The molecule has 0 spiro atoms. The molecule has 4 bridgehead atoms. The van der Waals surface area contributed by atoms with Crippen LogP contribution in [0.1, 0.15) is 77.6 Å². The smallest absolute Gasteiger partial charge is 0.0334 e.